The molecule has 8 heteroatoms. The summed E-state index contributed by atoms with van der Waals surface area (Å²) in [6.07, 6.45) is 3.04. The Morgan fingerprint density at radius 3 is 2.26 bits per heavy atom. The van der Waals surface area contributed by atoms with Gasteiger partial charge in [0.25, 0.3) is 5.91 Å². The average molecular weight is 397 g/mol. The van der Waals surface area contributed by atoms with E-state index in [4.69, 9.17) is 0 Å². The van der Waals surface area contributed by atoms with Crippen LogP contribution in [0.3, 0.4) is 0 Å². The van der Waals surface area contributed by atoms with Crippen molar-refractivity contribution in [2.45, 2.75) is 63.3 Å². The average Bonchev–Trinajstić information content (AvgIpc) is 2.62. The lowest BCUT2D eigenvalue weighted by Gasteiger charge is -2.34. The van der Waals surface area contributed by atoms with E-state index in [-0.39, 0.29) is 23.5 Å². The third kappa shape index (κ3) is 4.32. The van der Waals surface area contributed by atoms with E-state index in [2.05, 4.69) is 5.32 Å². The largest absolute Gasteiger partial charge is 0.480 e. The van der Waals surface area contributed by atoms with Gasteiger partial charge in [0.05, 0.1) is 10.5 Å². The van der Waals surface area contributed by atoms with Gasteiger partial charge in [-0.1, -0.05) is 44.7 Å². The molecule has 150 valence electrons. The Balaban J connectivity index is 2.47. The van der Waals surface area contributed by atoms with Crippen LogP contribution in [-0.2, 0) is 14.8 Å². The van der Waals surface area contributed by atoms with Crippen molar-refractivity contribution in [1.82, 2.24) is 9.62 Å². The minimum Gasteiger partial charge on any atom is -0.480 e. The maximum Gasteiger partial charge on any atom is 0.329 e. The van der Waals surface area contributed by atoms with Gasteiger partial charge in [0.15, 0.2) is 0 Å². The molecule has 1 fully saturated rings. The molecule has 1 aromatic carbocycles. The second-order valence-corrected chi connectivity index (χ2v) is 8.90. The molecule has 2 N–H and O–H groups in total. The zero-order valence-electron chi connectivity index (χ0n) is 16.1. The fraction of sp³-hybridized carbons (Fsp3) is 0.579. The lowest BCUT2D eigenvalue weighted by atomic mass is 9.81. The van der Waals surface area contributed by atoms with Crippen LogP contribution in [0.5, 0.6) is 0 Å². The van der Waals surface area contributed by atoms with Gasteiger partial charge in [-0.15, -0.1) is 0 Å². The van der Waals surface area contributed by atoms with E-state index in [1.165, 1.54) is 16.4 Å². The van der Waals surface area contributed by atoms with E-state index in [1.807, 2.05) is 0 Å². The number of aliphatic carboxylic acids is 1. The lowest BCUT2D eigenvalue weighted by Crippen LogP contribution is -2.55. The molecule has 0 saturated heterocycles. The zero-order chi connectivity index (χ0) is 20.2. The number of nitrogens with one attached hydrogen (secondary N) is 1. The minimum atomic E-state index is -3.85. The number of rotatable bonds is 7. The molecule has 0 bridgehead atoms. The van der Waals surface area contributed by atoms with E-state index in [0.717, 1.165) is 12.0 Å². The number of benzene rings is 1. The molecule has 1 aromatic rings. The molecule has 1 aliphatic rings. The van der Waals surface area contributed by atoms with Gasteiger partial charge >= 0.3 is 5.97 Å². The zero-order valence-corrected chi connectivity index (χ0v) is 16.9. The van der Waals surface area contributed by atoms with Crippen LogP contribution >= 0.6 is 0 Å². The molecule has 0 radical (unpaired) electrons. The van der Waals surface area contributed by atoms with E-state index >= 15 is 0 Å². The topological polar surface area (TPSA) is 104 Å². The van der Waals surface area contributed by atoms with Crippen molar-refractivity contribution in [1.29, 1.82) is 0 Å². The molecule has 1 aliphatic carbocycles. The summed E-state index contributed by atoms with van der Waals surface area (Å²) in [6, 6.07) is 4.57. The number of carbonyl (C=O) groups excluding carboxylic acids is 1. The van der Waals surface area contributed by atoms with Crippen molar-refractivity contribution in [2.75, 3.05) is 13.1 Å². The Kier molecular flexibility index (Phi) is 6.64. The SMILES string of the molecule is CCN(CC)S(=O)(=O)c1ccc(C)cc1C(=O)NC1(C(=O)O)CCCCC1. The van der Waals surface area contributed by atoms with Crippen LogP contribution in [0.1, 0.15) is 61.9 Å². The summed E-state index contributed by atoms with van der Waals surface area (Å²) in [4.78, 5) is 24.7. The Hall–Kier alpha value is -1.93. The van der Waals surface area contributed by atoms with Crippen molar-refractivity contribution in [3.8, 4) is 0 Å². The van der Waals surface area contributed by atoms with Gasteiger partial charge in [0, 0.05) is 13.1 Å². The quantitative estimate of drug-likeness (QED) is 0.737. The summed E-state index contributed by atoms with van der Waals surface area (Å²) in [5.74, 6) is -1.73. The molecule has 2 rings (SSSR count). The Morgan fingerprint density at radius 1 is 1.15 bits per heavy atom. The second-order valence-electron chi connectivity index (χ2n) is 6.99. The molecule has 1 saturated carbocycles. The number of carboxylic acids is 1. The summed E-state index contributed by atoms with van der Waals surface area (Å²) < 4.78 is 27.2. The summed E-state index contributed by atoms with van der Waals surface area (Å²) >= 11 is 0. The lowest BCUT2D eigenvalue weighted by molar-refractivity contribution is -0.145. The monoisotopic (exact) mass is 396 g/mol. The number of hydrogen-bond acceptors (Lipinski definition) is 4. The summed E-state index contributed by atoms with van der Waals surface area (Å²) in [6.45, 7) is 5.80. The molecule has 0 spiro atoms. The smallest absolute Gasteiger partial charge is 0.329 e. The Bertz CT molecular complexity index is 809. The number of sulfonamides is 1. The predicted molar refractivity (Wildman–Crippen MR) is 102 cm³/mol. The van der Waals surface area contributed by atoms with Gasteiger partial charge < -0.3 is 10.4 Å². The summed E-state index contributed by atoms with van der Waals surface area (Å²) in [7, 11) is -3.85. The number of nitrogens with zero attached hydrogens (tertiary/aromatic N) is 1. The van der Waals surface area contributed by atoms with Gasteiger partial charge in [0.1, 0.15) is 5.54 Å². The predicted octanol–water partition coefficient (Wildman–Crippen LogP) is 2.54. The maximum atomic E-state index is 13.0. The first-order valence-electron chi connectivity index (χ1n) is 9.34. The van der Waals surface area contributed by atoms with E-state index in [0.29, 0.717) is 25.7 Å². The highest BCUT2D eigenvalue weighted by Crippen LogP contribution is 2.30. The Labute approximate surface area is 160 Å². The van der Waals surface area contributed by atoms with Crippen LogP contribution in [0.4, 0.5) is 0 Å². The van der Waals surface area contributed by atoms with Crippen LogP contribution in [0.2, 0.25) is 0 Å². The second kappa shape index (κ2) is 8.39. The molecule has 0 aromatic heterocycles. The normalized spacial score (nSPS) is 16.9. The first kappa shape index (κ1) is 21.4. The first-order chi connectivity index (χ1) is 12.7. The number of hydrogen-bond donors (Lipinski definition) is 2. The fourth-order valence-corrected chi connectivity index (χ4v) is 5.21. The third-order valence-corrected chi connectivity index (χ3v) is 7.28. The fourth-order valence-electron chi connectivity index (χ4n) is 3.58. The number of aryl methyl sites for hydroxylation is 1. The van der Waals surface area contributed by atoms with E-state index in [1.54, 1.807) is 26.8 Å². The van der Waals surface area contributed by atoms with Gasteiger partial charge in [0.2, 0.25) is 10.0 Å². The molecule has 1 amide bonds. The van der Waals surface area contributed by atoms with Crippen LogP contribution in [-0.4, -0.2) is 48.3 Å². The first-order valence-corrected chi connectivity index (χ1v) is 10.8. The number of amides is 1. The van der Waals surface area contributed by atoms with E-state index in [9.17, 15) is 23.1 Å². The van der Waals surface area contributed by atoms with Crippen LogP contribution in [0, 0.1) is 6.92 Å². The van der Waals surface area contributed by atoms with Gasteiger partial charge in [-0.05, 0) is 31.9 Å². The van der Waals surface area contributed by atoms with Crippen LogP contribution < -0.4 is 5.32 Å². The van der Waals surface area contributed by atoms with Crippen molar-refractivity contribution >= 4 is 21.9 Å². The molecule has 0 atom stereocenters. The van der Waals surface area contributed by atoms with Crippen LogP contribution in [0.25, 0.3) is 0 Å². The summed E-state index contributed by atoms with van der Waals surface area (Å²) in [5.41, 5.74) is -0.616. The third-order valence-electron chi connectivity index (χ3n) is 5.17. The highest BCUT2D eigenvalue weighted by atomic mass is 32.2. The molecule has 0 heterocycles. The number of carbonyl (C=O) groups is 2. The van der Waals surface area contributed by atoms with Crippen molar-refractivity contribution in [3.63, 3.8) is 0 Å². The van der Waals surface area contributed by atoms with E-state index < -0.39 is 27.4 Å². The minimum absolute atomic E-state index is 0.00639. The van der Waals surface area contributed by atoms with Gasteiger partial charge in [-0.2, -0.15) is 4.31 Å². The molecular weight excluding hydrogens is 368 g/mol. The molecule has 7 nitrogen and oxygen atoms in total. The number of carboxylic acid groups (broad SMARTS) is 1. The van der Waals surface area contributed by atoms with Gasteiger partial charge in [-0.3, -0.25) is 4.79 Å². The molecule has 0 aliphatic heterocycles. The van der Waals surface area contributed by atoms with Gasteiger partial charge in [-0.25, -0.2) is 13.2 Å². The van der Waals surface area contributed by atoms with Crippen molar-refractivity contribution in [3.05, 3.63) is 29.3 Å². The van der Waals surface area contributed by atoms with Crippen LogP contribution in [0.15, 0.2) is 23.1 Å². The highest BCUT2D eigenvalue weighted by Gasteiger charge is 2.42. The highest BCUT2D eigenvalue weighted by molar-refractivity contribution is 7.89. The maximum absolute atomic E-state index is 13.0. The molecule has 0 unspecified atom stereocenters. The van der Waals surface area contributed by atoms with Crippen molar-refractivity contribution < 1.29 is 23.1 Å². The molecule has 27 heavy (non-hydrogen) atoms. The molecular formula is C19H28N2O5S. The summed E-state index contributed by atoms with van der Waals surface area (Å²) in [5, 5.41) is 12.3. The standard InChI is InChI=1S/C19H28N2O5S/c1-4-21(5-2)27(25,26)16-10-9-14(3)13-15(16)17(22)20-19(18(23)24)11-7-6-8-12-19/h9-10,13H,4-8,11-12H2,1-3H3,(H,20,22)(H,23,24). The Morgan fingerprint density at radius 2 is 1.74 bits per heavy atom. The van der Waals surface area contributed by atoms with Crippen molar-refractivity contribution in [2.24, 2.45) is 0 Å².